The van der Waals surface area contributed by atoms with Crippen LogP contribution in [-0.2, 0) is 14.3 Å². The number of hydrogen-bond acceptors (Lipinski definition) is 5. The number of nitrogens with zero attached hydrogens (tertiary/aromatic N) is 1. The first-order valence-corrected chi connectivity index (χ1v) is 4.46. The van der Waals surface area contributed by atoms with Crippen LogP contribution in [0, 0.1) is 0 Å². The fourth-order valence-corrected chi connectivity index (χ4v) is 1.01. The van der Waals surface area contributed by atoms with Crippen molar-refractivity contribution in [3.63, 3.8) is 0 Å². The minimum Gasteiger partial charge on any atom is -0.466 e. The summed E-state index contributed by atoms with van der Waals surface area (Å²) in [4.78, 5) is 25.9. The number of rotatable bonds is 3. The Morgan fingerprint density at radius 2 is 2.00 bits per heavy atom. The second-order valence-electron chi connectivity index (χ2n) is 2.86. The van der Waals surface area contributed by atoms with E-state index in [1.807, 2.05) is 0 Å². The van der Waals surface area contributed by atoms with Crippen LogP contribution in [0.2, 0.25) is 0 Å². The molecule has 0 aliphatic rings. The molecule has 1 rings (SSSR count). The number of esters is 2. The van der Waals surface area contributed by atoms with Gasteiger partial charge in [-0.3, -0.25) is 4.98 Å². The zero-order chi connectivity index (χ0) is 12.0. The molecule has 0 aliphatic carbocycles. The molecule has 0 aromatic carbocycles. The van der Waals surface area contributed by atoms with Crippen molar-refractivity contribution in [2.45, 2.75) is 0 Å². The van der Waals surface area contributed by atoms with Crippen LogP contribution in [0.1, 0.15) is 15.9 Å². The largest absolute Gasteiger partial charge is 0.466 e. The van der Waals surface area contributed by atoms with Crippen molar-refractivity contribution in [2.24, 2.45) is 0 Å². The molecule has 0 radical (unpaired) electrons. The molecule has 84 valence electrons. The van der Waals surface area contributed by atoms with Gasteiger partial charge in [0.2, 0.25) is 0 Å². The first-order chi connectivity index (χ1) is 7.67. The number of hydrogen-bond donors (Lipinski definition) is 0. The highest BCUT2D eigenvalue weighted by molar-refractivity contribution is 5.90. The van der Waals surface area contributed by atoms with Gasteiger partial charge in [0.15, 0.2) is 0 Å². The summed E-state index contributed by atoms with van der Waals surface area (Å²) < 4.78 is 8.98. The smallest absolute Gasteiger partial charge is 0.339 e. The lowest BCUT2D eigenvalue weighted by atomic mass is 10.2. The van der Waals surface area contributed by atoms with Crippen LogP contribution in [-0.4, -0.2) is 31.1 Å². The lowest BCUT2D eigenvalue weighted by Crippen LogP contribution is -2.01. The van der Waals surface area contributed by atoms with E-state index in [0.29, 0.717) is 11.1 Å². The Balaban J connectivity index is 2.86. The van der Waals surface area contributed by atoms with Crippen LogP contribution < -0.4 is 0 Å². The lowest BCUT2D eigenvalue weighted by Gasteiger charge is -1.99. The van der Waals surface area contributed by atoms with Gasteiger partial charge in [0.05, 0.1) is 19.8 Å². The van der Waals surface area contributed by atoms with E-state index in [-0.39, 0.29) is 0 Å². The molecule has 0 unspecified atom stereocenters. The number of pyridine rings is 1. The molecule has 0 saturated carbocycles. The molecule has 0 fully saturated rings. The van der Waals surface area contributed by atoms with Crippen LogP contribution in [0.5, 0.6) is 0 Å². The van der Waals surface area contributed by atoms with Crippen molar-refractivity contribution in [2.75, 3.05) is 14.2 Å². The molecule has 1 aromatic rings. The molecule has 0 atom stereocenters. The first-order valence-electron chi connectivity index (χ1n) is 4.46. The van der Waals surface area contributed by atoms with Gasteiger partial charge in [-0.2, -0.15) is 0 Å². The lowest BCUT2D eigenvalue weighted by molar-refractivity contribution is -0.134. The van der Waals surface area contributed by atoms with Crippen molar-refractivity contribution in [1.29, 1.82) is 0 Å². The van der Waals surface area contributed by atoms with E-state index in [9.17, 15) is 9.59 Å². The maximum Gasteiger partial charge on any atom is 0.339 e. The normalized spacial score (nSPS) is 10.1. The Morgan fingerprint density at radius 1 is 1.25 bits per heavy atom. The molecule has 1 aromatic heterocycles. The molecule has 0 saturated heterocycles. The zero-order valence-electron chi connectivity index (χ0n) is 8.97. The predicted molar refractivity (Wildman–Crippen MR) is 56.6 cm³/mol. The number of ether oxygens (including phenoxy) is 2. The maximum atomic E-state index is 11.2. The van der Waals surface area contributed by atoms with E-state index >= 15 is 0 Å². The van der Waals surface area contributed by atoms with E-state index in [1.165, 1.54) is 38.8 Å². The Labute approximate surface area is 92.7 Å². The van der Waals surface area contributed by atoms with Crippen LogP contribution in [0.4, 0.5) is 0 Å². The van der Waals surface area contributed by atoms with Crippen LogP contribution in [0.15, 0.2) is 24.5 Å². The molecule has 5 nitrogen and oxygen atoms in total. The molecule has 0 N–H and O–H groups in total. The molecule has 0 bridgehead atoms. The van der Waals surface area contributed by atoms with Gasteiger partial charge in [-0.15, -0.1) is 0 Å². The average Bonchev–Trinajstić information content (AvgIpc) is 2.35. The van der Waals surface area contributed by atoms with Gasteiger partial charge in [0, 0.05) is 18.5 Å². The highest BCUT2D eigenvalue weighted by Crippen LogP contribution is 2.06. The summed E-state index contributed by atoms with van der Waals surface area (Å²) >= 11 is 0. The SMILES string of the molecule is COC(=O)C=Cc1cncc(C(=O)OC)c1. The second-order valence-corrected chi connectivity index (χ2v) is 2.86. The van der Waals surface area contributed by atoms with Crippen LogP contribution >= 0.6 is 0 Å². The summed E-state index contributed by atoms with van der Waals surface area (Å²) in [5, 5.41) is 0. The van der Waals surface area contributed by atoms with E-state index < -0.39 is 11.9 Å². The minimum absolute atomic E-state index is 0.328. The maximum absolute atomic E-state index is 11.2. The molecular formula is C11H11NO4. The van der Waals surface area contributed by atoms with Crippen molar-refractivity contribution < 1.29 is 19.1 Å². The second kappa shape index (κ2) is 5.65. The number of aromatic nitrogens is 1. The third-order valence-corrected chi connectivity index (χ3v) is 1.79. The molecule has 1 heterocycles. The summed E-state index contributed by atoms with van der Waals surface area (Å²) in [6.07, 6.45) is 5.66. The van der Waals surface area contributed by atoms with E-state index in [2.05, 4.69) is 14.5 Å². The Bertz CT molecular complexity index is 426. The van der Waals surface area contributed by atoms with Gasteiger partial charge >= 0.3 is 11.9 Å². The molecule has 0 spiro atoms. The fraction of sp³-hybridized carbons (Fsp3) is 0.182. The van der Waals surface area contributed by atoms with Crippen molar-refractivity contribution in [1.82, 2.24) is 4.98 Å². The van der Waals surface area contributed by atoms with Gasteiger partial charge in [0.25, 0.3) is 0 Å². The van der Waals surface area contributed by atoms with Crippen molar-refractivity contribution >= 4 is 18.0 Å². The zero-order valence-corrected chi connectivity index (χ0v) is 8.97. The minimum atomic E-state index is -0.471. The van der Waals surface area contributed by atoms with E-state index in [4.69, 9.17) is 0 Å². The summed E-state index contributed by atoms with van der Waals surface area (Å²) in [6, 6.07) is 1.57. The monoisotopic (exact) mass is 221 g/mol. The van der Waals surface area contributed by atoms with Gasteiger partial charge in [-0.25, -0.2) is 9.59 Å². The Hall–Kier alpha value is -2.17. The van der Waals surface area contributed by atoms with Gasteiger partial charge in [-0.05, 0) is 17.7 Å². The molecule has 0 aliphatic heterocycles. The summed E-state index contributed by atoms with van der Waals surface area (Å²) in [7, 11) is 2.58. The van der Waals surface area contributed by atoms with E-state index in [0.717, 1.165) is 0 Å². The molecule has 5 heteroatoms. The quantitative estimate of drug-likeness (QED) is 0.564. The van der Waals surface area contributed by atoms with Gasteiger partial charge in [0.1, 0.15) is 0 Å². The Morgan fingerprint density at radius 3 is 2.62 bits per heavy atom. The van der Waals surface area contributed by atoms with Gasteiger partial charge in [-0.1, -0.05) is 0 Å². The fourth-order valence-electron chi connectivity index (χ4n) is 1.01. The predicted octanol–water partition coefficient (Wildman–Crippen LogP) is 1.05. The number of carbonyl (C=O) groups excluding carboxylic acids is 2. The van der Waals surface area contributed by atoms with Crippen LogP contribution in [0.25, 0.3) is 6.08 Å². The third kappa shape index (κ3) is 3.20. The highest BCUT2D eigenvalue weighted by Gasteiger charge is 2.05. The Kier molecular flexibility index (Phi) is 4.20. The standard InChI is InChI=1S/C11H11NO4/c1-15-10(13)4-3-8-5-9(7-12-6-8)11(14)16-2/h3-7H,1-2H3. The molecular weight excluding hydrogens is 210 g/mol. The van der Waals surface area contributed by atoms with Crippen molar-refractivity contribution in [3.05, 3.63) is 35.7 Å². The summed E-state index contributed by atoms with van der Waals surface area (Å²) in [5.74, 6) is -0.940. The highest BCUT2D eigenvalue weighted by atomic mass is 16.5. The first kappa shape index (κ1) is 11.9. The summed E-state index contributed by atoms with van der Waals surface area (Å²) in [5.41, 5.74) is 0.947. The number of methoxy groups -OCH3 is 2. The topological polar surface area (TPSA) is 65.5 Å². The summed E-state index contributed by atoms with van der Waals surface area (Å²) in [6.45, 7) is 0. The molecule has 16 heavy (non-hydrogen) atoms. The van der Waals surface area contributed by atoms with Gasteiger partial charge < -0.3 is 9.47 Å². The van der Waals surface area contributed by atoms with Crippen molar-refractivity contribution in [3.8, 4) is 0 Å². The number of carbonyl (C=O) groups is 2. The van der Waals surface area contributed by atoms with Crippen LogP contribution in [0.3, 0.4) is 0 Å². The van der Waals surface area contributed by atoms with E-state index in [1.54, 1.807) is 6.07 Å². The molecule has 0 amide bonds. The third-order valence-electron chi connectivity index (χ3n) is 1.79. The average molecular weight is 221 g/mol.